The molecule has 126 valence electrons. The molecule has 0 aliphatic heterocycles. The normalized spacial score (nSPS) is 10.6. The molecule has 0 saturated heterocycles. The second-order valence-electron chi connectivity index (χ2n) is 5.90. The molecule has 25 heavy (non-hydrogen) atoms. The topological polar surface area (TPSA) is 52.0 Å². The molecule has 0 unspecified atom stereocenters. The number of rotatable bonds is 6. The molecule has 0 atom stereocenters. The summed E-state index contributed by atoms with van der Waals surface area (Å²) in [5.41, 5.74) is 2.96. The Labute approximate surface area is 151 Å². The smallest absolute Gasteiger partial charge is 0.168 e. The minimum atomic E-state index is -0.0249. The van der Waals surface area contributed by atoms with Crippen molar-refractivity contribution in [2.45, 2.75) is 19.9 Å². The summed E-state index contributed by atoms with van der Waals surface area (Å²) < 4.78 is 1.92. The maximum Gasteiger partial charge on any atom is 0.168 e. The van der Waals surface area contributed by atoms with E-state index in [-0.39, 0.29) is 18.0 Å². The number of nitrogens with zero attached hydrogens (tertiary/aromatic N) is 2. The van der Waals surface area contributed by atoms with Crippen molar-refractivity contribution in [2.75, 3.05) is 0 Å². The summed E-state index contributed by atoms with van der Waals surface area (Å²) in [4.78, 5) is 27.9. The van der Waals surface area contributed by atoms with E-state index in [1.807, 2.05) is 35.0 Å². The Morgan fingerprint density at radius 1 is 1.08 bits per heavy atom. The highest BCUT2D eigenvalue weighted by atomic mass is 35.5. The van der Waals surface area contributed by atoms with Crippen LogP contribution in [0.2, 0.25) is 5.02 Å². The van der Waals surface area contributed by atoms with Gasteiger partial charge in [-0.15, -0.1) is 0 Å². The van der Waals surface area contributed by atoms with Gasteiger partial charge in [-0.1, -0.05) is 48.0 Å². The molecule has 1 heterocycles. The summed E-state index contributed by atoms with van der Waals surface area (Å²) >= 11 is 5.99. The molecule has 0 aliphatic rings. The van der Waals surface area contributed by atoms with Crippen LogP contribution < -0.4 is 0 Å². The molecule has 4 nitrogen and oxygen atoms in total. The number of hydrogen-bond acceptors (Lipinski definition) is 3. The summed E-state index contributed by atoms with van der Waals surface area (Å²) in [6.07, 6.45) is 3.80. The first-order valence-corrected chi connectivity index (χ1v) is 8.28. The molecular weight excluding hydrogens is 336 g/mol. The van der Waals surface area contributed by atoms with Crippen LogP contribution in [0, 0.1) is 0 Å². The molecule has 0 radical (unpaired) electrons. The number of carbonyl (C=O) groups excluding carboxylic acids is 2. The number of halogens is 1. The van der Waals surface area contributed by atoms with Crippen LogP contribution in [0.4, 0.5) is 0 Å². The van der Waals surface area contributed by atoms with Gasteiger partial charge in [0.15, 0.2) is 11.6 Å². The number of Topliss-reactive ketones (excluding diaryl/α,β-unsaturated/α-hetero) is 2. The first-order chi connectivity index (χ1) is 12.0. The lowest BCUT2D eigenvalue weighted by Crippen LogP contribution is -2.04. The predicted octanol–water partition coefficient (Wildman–Crippen LogP) is 4.21. The largest absolute Gasteiger partial charge is 0.333 e. The van der Waals surface area contributed by atoms with Gasteiger partial charge < -0.3 is 4.57 Å². The third kappa shape index (κ3) is 4.43. The molecule has 1 aromatic heterocycles. The Kier molecular flexibility index (Phi) is 5.10. The van der Waals surface area contributed by atoms with Crippen molar-refractivity contribution in [3.63, 3.8) is 0 Å². The number of carbonyl (C=O) groups is 2. The van der Waals surface area contributed by atoms with Crippen LogP contribution in [-0.4, -0.2) is 21.1 Å². The van der Waals surface area contributed by atoms with Gasteiger partial charge in [0.25, 0.3) is 0 Å². The minimum absolute atomic E-state index is 0.0150. The molecule has 0 fully saturated rings. The molecule has 0 saturated carbocycles. The third-order valence-corrected chi connectivity index (χ3v) is 4.13. The fraction of sp³-hybridized carbons (Fsp3) is 0.150. The second-order valence-corrected chi connectivity index (χ2v) is 6.34. The van der Waals surface area contributed by atoms with Gasteiger partial charge in [0.2, 0.25) is 0 Å². The molecule has 0 amide bonds. The fourth-order valence-electron chi connectivity index (χ4n) is 2.59. The van der Waals surface area contributed by atoms with E-state index in [1.54, 1.807) is 30.6 Å². The second kappa shape index (κ2) is 7.45. The van der Waals surface area contributed by atoms with Gasteiger partial charge in [0.1, 0.15) is 0 Å². The number of imidazole rings is 1. The van der Waals surface area contributed by atoms with Crippen molar-refractivity contribution in [3.8, 4) is 0 Å². The number of aromatic nitrogens is 2. The van der Waals surface area contributed by atoms with E-state index in [4.69, 9.17) is 11.6 Å². The van der Waals surface area contributed by atoms with Gasteiger partial charge in [-0.3, -0.25) is 9.59 Å². The van der Waals surface area contributed by atoms with Gasteiger partial charge in [-0.05, 0) is 24.6 Å². The monoisotopic (exact) mass is 352 g/mol. The average molecular weight is 353 g/mol. The Hall–Kier alpha value is -2.72. The quantitative estimate of drug-likeness (QED) is 0.624. The zero-order valence-electron chi connectivity index (χ0n) is 13.8. The van der Waals surface area contributed by atoms with E-state index in [0.717, 1.165) is 5.56 Å². The number of hydrogen-bond donors (Lipinski definition) is 0. The molecule has 3 rings (SSSR count). The first kappa shape index (κ1) is 17.1. The molecule has 3 aromatic rings. The third-order valence-electron chi connectivity index (χ3n) is 3.90. The van der Waals surface area contributed by atoms with Crippen molar-refractivity contribution in [1.82, 2.24) is 9.55 Å². The summed E-state index contributed by atoms with van der Waals surface area (Å²) in [6, 6.07) is 14.4. The first-order valence-electron chi connectivity index (χ1n) is 7.90. The van der Waals surface area contributed by atoms with Crippen molar-refractivity contribution < 1.29 is 9.59 Å². The highest BCUT2D eigenvalue weighted by Gasteiger charge is 2.10. The van der Waals surface area contributed by atoms with Crippen molar-refractivity contribution >= 4 is 23.2 Å². The van der Waals surface area contributed by atoms with E-state index in [9.17, 15) is 9.59 Å². The SMILES string of the molecule is CC(=O)c1ccc(C(=O)Cc2cn(Cc3cccc(Cl)c3)cn2)cc1. The summed E-state index contributed by atoms with van der Waals surface area (Å²) in [5.74, 6) is -0.0399. The fourth-order valence-corrected chi connectivity index (χ4v) is 2.80. The van der Waals surface area contributed by atoms with Gasteiger partial charge >= 0.3 is 0 Å². The highest BCUT2D eigenvalue weighted by molar-refractivity contribution is 6.30. The van der Waals surface area contributed by atoms with Crippen molar-refractivity contribution in [2.24, 2.45) is 0 Å². The zero-order chi connectivity index (χ0) is 17.8. The lowest BCUT2D eigenvalue weighted by atomic mass is 10.0. The summed E-state index contributed by atoms with van der Waals surface area (Å²) in [6.45, 7) is 2.15. The summed E-state index contributed by atoms with van der Waals surface area (Å²) in [5, 5.41) is 0.696. The highest BCUT2D eigenvalue weighted by Crippen LogP contribution is 2.13. The van der Waals surface area contributed by atoms with Gasteiger partial charge in [0, 0.05) is 28.9 Å². The van der Waals surface area contributed by atoms with Crippen molar-refractivity contribution in [1.29, 1.82) is 0 Å². The van der Waals surface area contributed by atoms with Gasteiger partial charge in [-0.25, -0.2) is 4.98 Å². The zero-order valence-corrected chi connectivity index (χ0v) is 14.5. The molecular formula is C20H17ClN2O2. The van der Waals surface area contributed by atoms with E-state index in [2.05, 4.69) is 4.98 Å². The Balaban J connectivity index is 1.66. The Morgan fingerprint density at radius 2 is 1.80 bits per heavy atom. The van der Waals surface area contributed by atoms with Crippen LogP contribution in [-0.2, 0) is 13.0 Å². The van der Waals surface area contributed by atoms with E-state index >= 15 is 0 Å². The molecule has 2 aromatic carbocycles. The van der Waals surface area contributed by atoms with E-state index in [0.29, 0.717) is 28.4 Å². The van der Waals surface area contributed by atoms with E-state index in [1.165, 1.54) is 6.92 Å². The van der Waals surface area contributed by atoms with Crippen LogP contribution in [0.3, 0.4) is 0 Å². The lowest BCUT2D eigenvalue weighted by molar-refractivity contribution is 0.0986. The summed E-state index contributed by atoms with van der Waals surface area (Å²) in [7, 11) is 0. The number of ketones is 2. The van der Waals surface area contributed by atoms with E-state index < -0.39 is 0 Å². The predicted molar refractivity (Wildman–Crippen MR) is 97.3 cm³/mol. The maximum atomic E-state index is 12.4. The molecule has 0 bridgehead atoms. The number of benzene rings is 2. The minimum Gasteiger partial charge on any atom is -0.333 e. The molecule has 0 aliphatic carbocycles. The Bertz CT molecular complexity index is 913. The molecule has 5 heteroatoms. The van der Waals surface area contributed by atoms with Gasteiger partial charge in [0.05, 0.1) is 18.4 Å². The molecule has 0 spiro atoms. The molecule has 0 N–H and O–H groups in total. The van der Waals surface area contributed by atoms with Crippen LogP contribution in [0.5, 0.6) is 0 Å². The van der Waals surface area contributed by atoms with Crippen LogP contribution in [0.15, 0.2) is 61.1 Å². The van der Waals surface area contributed by atoms with Crippen LogP contribution in [0.25, 0.3) is 0 Å². The lowest BCUT2D eigenvalue weighted by Gasteiger charge is -2.03. The van der Waals surface area contributed by atoms with Crippen molar-refractivity contribution in [3.05, 3.63) is 88.5 Å². The van der Waals surface area contributed by atoms with Crippen LogP contribution in [0.1, 0.15) is 38.9 Å². The Morgan fingerprint density at radius 3 is 2.48 bits per heavy atom. The van der Waals surface area contributed by atoms with Gasteiger partial charge in [-0.2, -0.15) is 0 Å². The average Bonchev–Trinajstić information content (AvgIpc) is 3.01. The maximum absolute atomic E-state index is 12.4. The standard InChI is InChI=1S/C20H17ClN2O2/c1-14(24)16-5-7-17(8-6-16)20(25)10-19-12-23(13-22-19)11-15-3-2-4-18(21)9-15/h2-9,12-13H,10-11H2,1H3. The van der Waals surface area contributed by atoms with Crippen LogP contribution >= 0.6 is 11.6 Å².